The number of alkyl halides is 3. The van der Waals surface area contributed by atoms with Crippen molar-refractivity contribution in [2.75, 3.05) is 13.2 Å². The third-order valence-electron chi connectivity index (χ3n) is 5.77. The maximum Gasteiger partial charge on any atom is 0.416 e. The van der Waals surface area contributed by atoms with Crippen LogP contribution in [-0.2, 0) is 17.4 Å². The van der Waals surface area contributed by atoms with Gasteiger partial charge in [-0.05, 0) is 60.9 Å². The maximum absolute atomic E-state index is 13.4. The molecule has 2 heterocycles. The number of nitrogens with zero attached hydrogens (tertiary/aromatic N) is 1. The molecule has 0 aromatic heterocycles. The first kappa shape index (κ1) is 25.4. The van der Waals surface area contributed by atoms with Gasteiger partial charge in [-0.2, -0.15) is 18.4 Å². The Hall–Kier alpha value is -3.71. The zero-order valence-corrected chi connectivity index (χ0v) is 19.6. The molecule has 0 saturated heterocycles. The first-order valence-corrected chi connectivity index (χ1v) is 11.4. The molecule has 1 fully saturated rings. The Morgan fingerprint density at radius 1 is 1.11 bits per heavy atom. The van der Waals surface area contributed by atoms with Gasteiger partial charge < -0.3 is 20.1 Å². The highest BCUT2D eigenvalue weighted by molar-refractivity contribution is 6.32. The van der Waals surface area contributed by atoms with E-state index in [0.717, 1.165) is 12.1 Å². The summed E-state index contributed by atoms with van der Waals surface area (Å²) in [5, 5.41) is 14.8. The summed E-state index contributed by atoms with van der Waals surface area (Å²) >= 11 is 6.30. The molecule has 2 bridgehead atoms. The van der Waals surface area contributed by atoms with Crippen LogP contribution in [0.5, 0.6) is 11.5 Å². The molecule has 2 aromatic carbocycles. The Balaban J connectivity index is 1.71. The van der Waals surface area contributed by atoms with Crippen molar-refractivity contribution < 1.29 is 32.2 Å². The number of nitrogens with one attached hydrogen (secondary N) is 2. The van der Waals surface area contributed by atoms with Crippen molar-refractivity contribution in [1.82, 2.24) is 10.6 Å². The first-order valence-electron chi connectivity index (χ1n) is 11.0. The molecule has 36 heavy (non-hydrogen) atoms. The van der Waals surface area contributed by atoms with E-state index in [2.05, 4.69) is 10.6 Å². The average Bonchev–Trinajstić information content (AvgIpc) is 3.60. The molecule has 3 aliphatic rings. The second kappa shape index (κ2) is 10.1. The summed E-state index contributed by atoms with van der Waals surface area (Å²) in [7, 11) is 0. The number of carbonyl (C=O) groups excluding carboxylic acids is 2. The van der Waals surface area contributed by atoms with E-state index >= 15 is 0 Å². The Kier molecular flexibility index (Phi) is 7.13. The molecule has 2 N–H and O–H groups in total. The van der Waals surface area contributed by atoms with E-state index in [1.54, 1.807) is 30.4 Å². The monoisotopic (exact) mass is 519 g/mol. The van der Waals surface area contributed by atoms with Crippen molar-refractivity contribution in [3.05, 3.63) is 70.3 Å². The minimum atomic E-state index is -4.69. The second-order valence-corrected chi connectivity index (χ2v) is 8.89. The van der Waals surface area contributed by atoms with Crippen LogP contribution in [-0.4, -0.2) is 36.6 Å². The van der Waals surface area contributed by atoms with Gasteiger partial charge in [0, 0.05) is 6.42 Å². The minimum absolute atomic E-state index is 0.0336. The van der Waals surface area contributed by atoms with Gasteiger partial charge in [-0.15, -0.1) is 0 Å². The number of fused-ring (bicyclic) bond motifs is 9. The maximum atomic E-state index is 13.4. The van der Waals surface area contributed by atoms with E-state index in [-0.39, 0.29) is 36.0 Å². The van der Waals surface area contributed by atoms with Crippen LogP contribution < -0.4 is 20.1 Å². The summed E-state index contributed by atoms with van der Waals surface area (Å²) < 4.78 is 51.2. The zero-order chi connectivity index (χ0) is 25.9. The first-order chi connectivity index (χ1) is 17.1. The smallest absolute Gasteiger partial charge is 0.416 e. The molecule has 0 spiro atoms. The van der Waals surface area contributed by atoms with Crippen molar-refractivity contribution >= 4 is 23.4 Å². The van der Waals surface area contributed by atoms with Crippen LogP contribution in [0, 0.1) is 11.3 Å². The zero-order valence-electron chi connectivity index (χ0n) is 18.8. The highest BCUT2D eigenvalue weighted by Crippen LogP contribution is 2.35. The van der Waals surface area contributed by atoms with Crippen LogP contribution in [0.4, 0.5) is 13.2 Å². The fourth-order valence-corrected chi connectivity index (χ4v) is 3.86. The Labute approximate surface area is 209 Å². The summed E-state index contributed by atoms with van der Waals surface area (Å²) in [4.78, 5) is 26.3. The number of halogens is 4. The van der Waals surface area contributed by atoms with Gasteiger partial charge in [-0.1, -0.05) is 17.7 Å². The number of nitriles is 1. The Morgan fingerprint density at radius 2 is 1.78 bits per heavy atom. The van der Waals surface area contributed by atoms with Crippen LogP contribution in [0.15, 0.2) is 48.6 Å². The Bertz CT molecular complexity index is 1250. The van der Waals surface area contributed by atoms with Gasteiger partial charge in [0.1, 0.15) is 36.3 Å². The predicted octanol–water partition coefficient (Wildman–Crippen LogP) is 4.20. The van der Waals surface area contributed by atoms with Gasteiger partial charge in [0.05, 0.1) is 22.2 Å². The molecule has 0 radical (unpaired) electrons. The lowest BCUT2D eigenvalue weighted by Crippen LogP contribution is -2.51. The molecule has 1 unspecified atom stereocenters. The summed E-state index contributed by atoms with van der Waals surface area (Å²) in [6.07, 6.45) is -0.569. The van der Waals surface area contributed by atoms with E-state index in [1.807, 2.05) is 6.07 Å². The SMILES string of the molecule is N#CC1(NC(=O)C2Cc3ccc(c(Cl)c3)OCC=CCOc3ccc(C(F)(F)F)cc3C(=O)N2)CC1. The van der Waals surface area contributed by atoms with E-state index in [9.17, 15) is 28.0 Å². The third kappa shape index (κ3) is 5.91. The van der Waals surface area contributed by atoms with Gasteiger partial charge >= 0.3 is 6.18 Å². The van der Waals surface area contributed by atoms with E-state index < -0.39 is 35.1 Å². The molecule has 2 aromatic rings. The van der Waals surface area contributed by atoms with Crippen LogP contribution in [0.1, 0.15) is 34.3 Å². The number of amides is 2. The molecule has 2 aliphatic heterocycles. The lowest BCUT2D eigenvalue weighted by atomic mass is 10.0. The quantitative estimate of drug-likeness (QED) is 0.579. The molecule has 1 aliphatic carbocycles. The molecule has 7 nitrogen and oxygen atoms in total. The van der Waals surface area contributed by atoms with Gasteiger partial charge in [-0.25, -0.2) is 0 Å². The van der Waals surface area contributed by atoms with Crippen molar-refractivity contribution in [2.24, 2.45) is 0 Å². The van der Waals surface area contributed by atoms with Crippen molar-refractivity contribution in [3.63, 3.8) is 0 Å². The molecule has 2 amide bonds. The van der Waals surface area contributed by atoms with E-state index in [1.165, 1.54) is 0 Å². The molecule has 5 rings (SSSR count). The van der Waals surface area contributed by atoms with E-state index in [0.29, 0.717) is 30.2 Å². The fourth-order valence-electron chi connectivity index (χ4n) is 3.60. The van der Waals surface area contributed by atoms with Crippen LogP contribution in [0.3, 0.4) is 0 Å². The predicted molar refractivity (Wildman–Crippen MR) is 124 cm³/mol. The average molecular weight is 520 g/mol. The number of carbonyl (C=O) groups is 2. The number of rotatable bonds is 2. The lowest BCUT2D eigenvalue weighted by Gasteiger charge is -2.22. The summed E-state index contributed by atoms with van der Waals surface area (Å²) in [6, 6.07) is 8.25. The van der Waals surface area contributed by atoms with Crippen molar-refractivity contribution in [1.29, 1.82) is 5.26 Å². The third-order valence-corrected chi connectivity index (χ3v) is 6.07. The normalized spacial score (nSPS) is 19.2. The minimum Gasteiger partial charge on any atom is -0.489 e. The van der Waals surface area contributed by atoms with Crippen molar-refractivity contribution in [2.45, 2.75) is 37.0 Å². The lowest BCUT2D eigenvalue weighted by molar-refractivity contribution is -0.137. The summed E-state index contributed by atoms with van der Waals surface area (Å²) in [6.45, 7) is 0.111. The largest absolute Gasteiger partial charge is 0.489 e. The topological polar surface area (TPSA) is 100 Å². The highest BCUT2D eigenvalue weighted by Gasteiger charge is 2.45. The highest BCUT2D eigenvalue weighted by atomic mass is 35.5. The standard InChI is InChI=1S/C25H21ClF3N3O4/c26-18-11-15-3-5-21(18)36-10-2-1-9-35-20-6-4-16(25(27,28)29)13-17(20)22(33)31-19(12-15)23(34)32-24(14-30)7-8-24/h1-6,11,13,19H,7-10,12H2,(H,31,33)(H,32,34). The van der Waals surface area contributed by atoms with Gasteiger partial charge in [0.15, 0.2) is 0 Å². The van der Waals surface area contributed by atoms with Crippen LogP contribution >= 0.6 is 11.6 Å². The van der Waals surface area contributed by atoms with Crippen molar-refractivity contribution in [3.8, 4) is 17.6 Å². The molecule has 188 valence electrons. The number of ether oxygens (including phenoxy) is 2. The summed E-state index contributed by atoms with van der Waals surface area (Å²) in [5.74, 6) is -1.24. The molecular weight excluding hydrogens is 499 g/mol. The fraction of sp³-hybridized carbons (Fsp3) is 0.320. The van der Waals surface area contributed by atoms with Gasteiger partial charge in [0.2, 0.25) is 5.91 Å². The Morgan fingerprint density at radius 3 is 2.39 bits per heavy atom. The van der Waals surface area contributed by atoms with Gasteiger partial charge in [-0.3, -0.25) is 9.59 Å². The van der Waals surface area contributed by atoms with Gasteiger partial charge in [0.25, 0.3) is 5.91 Å². The molecule has 1 atom stereocenters. The molecule has 11 heteroatoms. The number of benzene rings is 2. The molecular formula is C25H21ClF3N3O4. The second-order valence-electron chi connectivity index (χ2n) is 8.48. The summed E-state index contributed by atoms with van der Waals surface area (Å²) in [5.41, 5.74) is -1.86. The number of hydrogen-bond donors (Lipinski definition) is 2. The molecule has 1 saturated carbocycles. The van der Waals surface area contributed by atoms with Crippen LogP contribution in [0.25, 0.3) is 0 Å². The number of hydrogen-bond acceptors (Lipinski definition) is 5. The van der Waals surface area contributed by atoms with E-state index in [4.69, 9.17) is 21.1 Å². The van der Waals surface area contributed by atoms with Crippen LogP contribution in [0.2, 0.25) is 5.02 Å².